The Morgan fingerprint density at radius 2 is 2.28 bits per heavy atom. The maximum Gasteiger partial charge on any atom is 0.114 e. The molecule has 1 N–H and O–H groups in total. The fourth-order valence-corrected chi connectivity index (χ4v) is 3.16. The molecule has 1 aromatic carbocycles. The van der Waals surface area contributed by atoms with Gasteiger partial charge >= 0.3 is 0 Å². The lowest BCUT2D eigenvalue weighted by molar-refractivity contribution is 0.626. The minimum absolute atomic E-state index is 0.127. The van der Waals surface area contributed by atoms with E-state index in [0.29, 0.717) is 0 Å². The van der Waals surface area contributed by atoms with E-state index in [9.17, 15) is 0 Å². The lowest BCUT2D eigenvalue weighted by atomic mass is 10.1. The maximum atomic E-state index is 6.03. The average Bonchev–Trinajstić information content (AvgIpc) is 2.76. The fraction of sp³-hybridized carbons (Fsp3) is 0.308. The molecule has 0 aliphatic heterocycles. The third kappa shape index (κ3) is 3.12. The van der Waals surface area contributed by atoms with Crippen molar-refractivity contribution in [3.8, 4) is 0 Å². The van der Waals surface area contributed by atoms with Crippen molar-refractivity contribution < 1.29 is 0 Å². The molecule has 1 unspecified atom stereocenters. The van der Waals surface area contributed by atoms with E-state index >= 15 is 0 Å². The molecule has 2 rings (SSSR count). The Morgan fingerprint density at radius 3 is 2.83 bits per heavy atom. The van der Waals surface area contributed by atoms with Crippen molar-refractivity contribution in [2.75, 3.05) is 6.54 Å². The van der Waals surface area contributed by atoms with Gasteiger partial charge in [0.1, 0.15) is 5.01 Å². The number of nitrogens with one attached hydrogen (secondary N) is 1. The summed E-state index contributed by atoms with van der Waals surface area (Å²) in [4.78, 5) is 4.57. The largest absolute Gasteiger partial charge is 0.305 e. The van der Waals surface area contributed by atoms with Gasteiger partial charge in [0.05, 0.1) is 11.1 Å². The molecule has 1 heterocycles. The van der Waals surface area contributed by atoms with Gasteiger partial charge in [-0.2, -0.15) is 0 Å². The lowest BCUT2D eigenvalue weighted by Gasteiger charge is -2.16. The van der Waals surface area contributed by atoms with Gasteiger partial charge in [0.15, 0.2) is 0 Å². The van der Waals surface area contributed by atoms with Gasteiger partial charge in [-0.15, -0.1) is 11.3 Å². The van der Waals surface area contributed by atoms with Crippen molar-refractivity contribution in [3.63, 3.8) is 0 Å². The lowest BCUT2D eigenvalue weighted by Crippen LogP contribution is -2.21. The third-order valence-electron chi connectivity index (χ3n) is 2.57. The number of benzene rings is 1. The van der Waals surface area contributed by atoms with Crippen LogP contribution in [0.4, 0.5) is 0 Å². The molecule has 0 fully saturated rings. The summed E-state index contributed by atoms with van der Waals surface area (Å²) in [5.41, 5.74) is 2.23. The smallest absolute Gasteiger partial charge is 0.114 e. The molecule has 1 atom stereocenters. The number of nitrogens with zero attached hydrogens (tertiary/aromatic N) is 1. The SMILES string of the molecule is CCNC(c1ccc(Cl)c(Br)c1)c1nc(C)cs1. The molecule has 0 saturated heterocycles. The average molecular weight is 346 g/mol. The van der Waals surface area contributed by atoms with Crippen LogP contribution < -0.4 is 5.32 Å². The van der Waals surface area contributed by atoms with Crippen molar-refractivity contribution >= 4 is 38.9 Å². The zero-order chi connectivity index (χ0) is 13.1. The van der Waals surface area contributed by atoms with Crippen molar-refractivity contribution in [1.82, 2.24) is 10.3 Å². The molecule has 0 saturated carbocycles. The van der Waals surface area contributed by atoms with Gasteiger partial charge in [-0.1, -0.05) is 24.6 Å². The normalized spacial score (nSPS) is 12.7. The van der Waals surface area contributed by atoms with Crippen molar-refractivity contribution in [2.45, 2.75) is 19.9 Å². The number of aryl methyl sites for hydroxylation is 1. The van der Waals surface area contributed by atoms with Gasteiger partial charge in [-0.25, -0.2) is 4.98 Å². The molecule has 18 heavy (non-hydrogen) atoms. The van der Waals surface area contributed by atoms with Crippen LogP contribution in [-0.2, 0) is 0 Å². The fourth-order valence-electron chi connectivity index (χ4n) is 1.75. The molecule has 0 aliphatic carbocycles. The van der Waals surface area contributed by atoms with E-state index in [-0.39, 0.29) is 6.04 Å². The summed E-state index contributed by atoms with van der Waals surface area (Å²) in [6, 6.07) is 6.12. The summed E-state index contributed by atoms with van der Waals surface area (Å²) < 4.78 is 0.915. The first-order valence-corrected chi connectivity index (χ1v) is 7.77. The number of halogens is 2. The van der Waals surface area contributed by atoms with Gasteiger partial charge in [0, 0.05) is 15.5 Å². The summed E-state index contributed by atoms with van der Waals surface area (Å²) in [5.74, 6) is 0. The molecule has 0 bridgehead atoms. The van der Waals surface area contributed by atoms with Crippen molar-refractivity contribution in [3.05, 3.63) is 49.3 Å². The first-order valence-electron chi connectivity index (χ1n) is 5.72. The van der Waals surface area contributed by atoms with Crippen LogP contribution >= 0.6 is 38.9 Å². The first-order chi connectivity index (χ1) is 8.61. The van der Waals surface area contributed by atoms with E-state index in [4.69, 9.17) is 11.6 Å². The van der Waals surface area contributed by atoms with E-state index < -0.39 is 0 Å². The summed E-state index contributed by atoms with van der Waals surface area (Å²) >= 11 is 11.2. The van der Waals surface area contributed by atoms with Crippen LogP contribution in [-0.4, -0.2) is 11.5 Å². The van der Waals surface area contributed by atoms with Gasteiger partial charge in [0.25, 0.3) is 0 Å². The van der Waals surface area contributed by atoms with Crippen LogP contribution in [0, 0.1) is 6.92 Å². The number of aromatic nitrogens is 1. The first kappa shape index (κ1) is 14.0. The van der Waals surface area contributed by atoms with Crippen LogP contribution in [0.2, 0.25) is 5.02 Å². The standard InChI is InChI=1S/C13H14BrClN2S/c1-3-16-12(13-17-8(2)7-18-13)9-4-5-11(15)10(14)6-9/h4-7,12,16H,3H2,1-2H3. The highest BCUT2D eigenvalue weighted by atomic mass is 79.9. The Morgan fingerprint density at radius 1 is 1.50 bits per heavy atom. The minimum Gasteiger partial charge on any atom is -0.305 e. The summed E-state index contributed by atoms with van der Waals surface area (Å²) in [6.45, 7) is 5.00. The maximum absolute atomic E-state index is 6.03. The zero-order valence-electron chi connectivity index (χ0n) is 10.2. The summed E-state index contributed by atoms with van der Waals surface area (Å²) in [5, 5.41) is 7.35. The molecule has 0 spiro atoms. The predicted octanol–water partition coefficient (Wildman–Crippen LogP) is 4.57. The minimum atomic E-state index is 0.127. The Bertz CT molecular complexity index is 542. The van der Waals surface area contributed by atoms with Gasteiger partial charge in [-0.3, -0.25) is 0 Å². The molecule has 0 amide bonds. The van der Waals surface area contributed by atoms with Crippen LogP contribution in [0.15, 0.2) is 28.1 Å². The quantitative estimate of drug-likeness (QED) is 0.878. The zero-order valence-corrected chi connectivity index (χ0v) is 13.4. The Balaban J connectivity index is 2.37. The van der Waals surface area contributed by atoms with Crippen molar-refractivity contribution in [1.29, 1.82) is 0 Å². The van der Waals surface area contributed by atoms with Gasteiger partial charge < -0.3 is 5.32 Å². The molecule has 96 valence electrons. The topological polar surface area (TPSA) is 24.9 Å². The van der Waals surface area contributed by atoms with Crippen LogP contribution in [0.1, 0.15) is 29.2 Å². The highest BCUT2D eigenvalue weighted by Gasteiger charge is 2.17. The van der Waals surface area contributed by atoms with E-state index in [2.05, 4.69) is 38.5 Å². The van der Waals surface area contributed by atoms with E-state index in [0.717, 1.165) is 26.7 Å². The molecule has 1 aromatic heterocycles. The summed E-state index contributed by atoms with van der Waals surface area (Å²) in [6.07, 6.45) is 0. The number of rotatable bonds is 4. The van der Waals surface area contributed by atoms with Crippen molar-refractivity contribution in [2.24, 2.45) is 0 Å². The molecule has 2 nitrogen and oxygen atoms in total. The van der Waals surface area contributed by atoms with Crippen LogP contribution in [0.3, 0.4) is 0 Å². The van der Waals surface area contributed by atoms with E-state index in [1.54, 1.807) is 11.3 Å². The molecular formula is C13H14BrClN2S. The highest BCUT2D eigenvalue weighted by Crippen LogP contribution is 2.30. The van der Waals surface area contributed by atoms with E-state index in [1.165, 1.54) is 5.56 Å². The number of thiazole rings is 1. The van der Waals surface area contributed by atoms with Gasteiger partial charge in [0.2, 0.25) is 0 Å². The highest BCUT2D eigenvalue weighted by molar-refractivity contribution is 9.10. The molecular weight excluding hydrogens is 332 g/mol. The van der Waals surface area contributed by atoms with Crippen LogP contribution in [0.25, 0.3) is 0 Å². The van der Waals surface area contributed by atoms with E-state index in [1.807, 2.05) is 25.1 Å². The number of hydrogen-bond donors (Lipinski definition) is 1. The second-order valence-electron chi connectivity index (χ2n) is 3.99. The third-order valence-corrected chi connectivity index (χ3v) is 4.81. The Hall–Kier alpha value is -0.420. The second kappa shape index (κ2) is 6.15. The second-order valence-corrected chi connectivity index (χ2v) is 6.14. The Labute approximate surface area is 125 Å². The molecule has 2 aromatic rings. The molecule has 5 heteroatoms. The van der Waals surface area contributed by atoms with Crippen LogP contribution in [0.5, 0.6) is 0 Å². The number of hydrogen-bond acceptors (Lipinski definition) is 3. The Kier molecular flexibility index (Phi) is 4.78. The van der Waals surface area contributed by atoms with Gasteiger partial charge in [-0.05, 0) is 47.1 Å². The molecule has 0 aliphatic rings. The monoisotopic (exact) mass is 344 g/mol. The predicted molar refractivity (Wildman–Crippen MR) is 81.5 cm³/mol. The summed E-state index contributed by atoms with van der Waals surface area (Å²) in [7, 11) is 0. The molecule has 0 radical (unpaired) electrons.